The predicted octanol–water partition coefficient (Wildman–Crippen LogP) is 3.17. The van der Waals surface area contributed by atoms with Crippen LogP contribution >= 0.6 is 27.5 Å². The average molecular weight is 306 g/mol. The van der Waals surface area contributed by atoms with E-state index in [4.69, 9.17) is 17.3 Å². The summed E-state index contributed by atoms with van der Waals surface area (Å²) in [6.45, 7) is 1.95. The Kier molecular flexibility index (Phi) is 5.25. The van der Waals surface area contributed by atoms with E-state index in [-0.39, 0.29) is 11.9 Å². The van der Waals surface area contributed by atoms with E-state index in [0.29, 0.717) is 17.1 Å². The van der Waals surface area contributed by atoms with Gasteiger partial charge in [-0.3, -0.25) is 4.79 Å². The molecule has 0 bridgehead atoms. The lowest BCUT2D eigenvalue weighted by molar-refractivity contribution is -0.116. The van der Waals surface area contributed by atoms with Crippen LogP contribution < -0.4 is 11.1 Å². The first-order valence-corrected chi connectivity index (χ1v) is 6.20. The monoisotopic (exact) mass is 304 g/mol. The van der Waals surface area contributed by atoms with Crippen molar-refractivity contribution < 1.29 is 4.79 Å². The molecule has 0 aliphatic carbocycles. The molecule has 0 heterocycles. The summed E-state index contributed by atoms with van der Waals surface area (Å²) < 4.78 is 0.762. The van der Waals surface area contributed by atoms with E-state index in [9.17, 15) is 4.79 Å². The number of carbonyl (C=O) groups is 1. The number of nitrogens with one attached hydrogen (secondary N) is 1. The van der Waals surface area contributed by atoms with Crippen LogP contribution in [0.4, 0.5) is 5.69 Å². The number of hydrogen-bond acceptors (Lipinski definition) is 2. The van der Waals surface area contributed by atoms with E-state index in [1.165, 1.54) is 0 Å². The van der Waals surface area contributed by atoms with Gasteiger partial charge in [0.25, 0.3) is 0 Å². The van der Waals surface area contributed by atoms with E-state index in [0.717, 1.165) is 10.9 Å². The fourth-order valence-electron chi connectivity index (χ4n) is 1.17. The minimum absolute atomic E-state index is 0.0858. The molecule has 0 radical (unpaired) electrons. The molecule has 1 amide bonds. The summed E-state index contributed by atoms with van der Waals surface area (Å²) >= 11 is 9.13. The van der Waals surface area contributed by atoms with E-state index in [1.54, 1.807) is 18.2 Å². The lowest BCUT2D eigenvalue weighted by atomic mass is 10.1. The predicted molar refractivity (Wildman–Crippen MR) is 70.7 cm³/mol. The molecule has 0 saturated heterocycles. The van der Waals surface area contributed by atoms with Crippen molar-refractivity contribution in [2.24, 2.45) is 5.73 Å². The molecule has 0 fully saturated rings. The molecule has 1 unspecified atom stereocenters. The second-order valence-electron chi connectivity index (χ2n) is 3.54. The van der Waals surface area contributed by atoms with Crippen LogP contribution in [-0.4, -0.2) is 11.9 Å². The lowest BCUT2D eigenvalue weighted by Gasteiger charge is -2.10. The molecule has 3 nitrogen and oxygen atoms in total. The summed E-state index contributed by atoms with van der Waals surface area (Å²) in [5.74, 6) is -0.0858. The maximum Gasteiger partial charge on any atom is 0.225 e. The number of hydrogen-bond donors (Lipinski definition) is 2. The van der Waals surface area contributed by atoms with Crippen LogP contribution in [0.1, 0.15) is 19.8 Å². The maximum atomic E-state index is 11.6. The largest absolute Gasteiger partial charge is 0.327 e. The van der Waals surface area contributed by atoms with Crippen LogP contribution in [0.5, 0.6) is 0 Å². The zero-order valence-corrected chi connectivity index (χ0v) is 11.3. The standard InChI is InChI=1S/C11H14BrClN2O/c1-2-8(14)6-11(16)15-10-4-3-7(13)5-9(10)12/h3-5,8H,2,6,14H2,1H3,(H,15,16). The van der Waals surface area contributed by atoms with Gasteiger partial charge in [0.2, 0.25) is 5.91 Å². The molecule has 5 heteroatoms. The topological polar surface area (TPSA) is 55.1 Å². The third kappa shape index (κ3) is 4.12. The molecule has 16 heavy (non-hydrogen) atoms. The van der Waals surface area contributed by atoms with Crippen molar-refractivity contribution in [3.8, 4) is 0 Å². The van der Waals surface area contributed by atoms with E-state index >= 15 is 0 Å². The summed E-state index contributed by atoms with van der Waals surface area (Å²) in [6.07, 6.45) is 1.11. The van der Waals surface area contributed by atoms with Crippen LogP contribution in [0.15, 0.2) is 22.7 Å². The van der Waals surface area contributed by atoms with Gasteiger partial charge < -0.3 is 11.1 Å². The highest BCUT2D eigenvalue weighted by Crippen LogP contribution is 2.25. The second-order valence-corrected chi connectivity index (χ2v) is 4.84. The smallest absolute Gasteiger partial charge is 0.225 e. The maximum absolute atomic E-state index is 11.6. The fraction of sp³-hybridized carbons (Fsp3) is 0.364. The molecule has 88 valence electrons. The van der Waals surface area contributed by atoms with Gasteiger partial charge >= 0.3 is 0 Å². The van der Waals surface area contributed by atoms with Crippen LogP contribution in [0, 0.1) is 0 Å². The van der Waals surface area contributed by atoms with Crippen LogP contribution in [0.2, 0.25) is 5.02 Å². The van der Waals surface area contributed by atoms with Crippen molar-refractivity contribution >= 4 is 39.1 Å². The highest BCUT2D eigenvalue weighted by Gasteiger charge is 2.09. The van der Waals surface area contributed by atoms with E-state index in [2.05, 4.69) is 21.2 Å². The Morgan fingerprint density at radius 2 is 2.31 bits per heavy atom. The number of carbonyl (C=O) groups excluding carboxylic acids is 1. The van der Waals surface area contributed by atoms with Crippen molar-refractivity contribution in [2.45, 2.75) is 25.8 Å². The lowest BCUT2D eigenvalue weighted by Crippen LogP contribution is -2.26. The number of nitrogens with two attached hydrogens (primary N) is 1. The molecule has 1 atom stereocenters. The third-order valence-electron chi connectivity index (χ3n) is 2.18. The Morgan fingerprint density at radius 3 is 2.88 bits per heavy atom. The molecule has 0 aliphatic heterocycles. The van der Waals surface area contributed by atoms with Crippen LogP contribution in [0.3, 0.4) is 0 Å². The van der Waals surface area contributed by atoms with Gasteiger partial charge in [0.1, 0.15) is 0 Å². The van der Waals surface area contributed by atoms with Gasteiger partial charge in [0, 0.05) is 22.0 Å². The molecule has 1 aromatic carbocycles. The van der Waals surface area contributed by atoms with Gasteiger partial charge in [-0.2, -0.15) is 0 Å². The first-order valence-electron chi connectivity index (χ1n) is 5.03. The minimum atomic E-state index is -0.0916. The van der Waals surface area contributed by atoms with Crippen LogP contribution in [0.25, 0.3) is 0 Å². The zero-order chi connectivity index (χ0) is 12.1. The SMILES string of the molecule is CCC(N)CC(=O)Nc1ccc(Cl)cc1Br. The normalized spacial score (nSPS) is 12.2. The first kappa shape index (κ1) is 13.5. The number of halogens is 2. The molecule has 1 aromatic rings. The molecule has 3 N–H and O–H groups in total. The van der Waals surface area contributed by atoms with Gasteiger partial charge in [-0.1, -0.05) is 18.5 Å². The highest BCUT2D eigenvalue weighted by molar-refractivity contribution is 9.10. The van der Waals surface area contributed by atoms with Gasteiger partial charge in [0.15, 0.2) is 0 Å². The molecular weight excluding hydrogens is 291 g/mol. The van der Waals surface area contributed by atoms with Crippen molar-refractivity contribution in [1.29, 1.82) is 0 Å². The molecular formula is C11H14BrClN2O. The van der Waals surface area contributed by atoms with Gasteiger partial charge in [-0.15, -0.1) is 0 Å². The Hall–Kier alpha value is -0.580. The molecule has 1 rings (SSSR count). The Balaban J connectivity index is 2.63. The van der Waals surface area contributed by atoms with Crippen molar-refractivity contribution in [3.63, 3.8) is 0 Å². The summed E-state index contributed by atoms with van der Waals surface area (Å²) in [6, 6.07) is 5.12. The number of anilines is 1. The van der Waals surface area contributed by atoms with E-state index in [1.807, 2.05) is 6.92 Å². The second kappa shape index (κ2) is 6.23. The highest BCUT2D eigenvalue weighted by atomic mass is 79.9. The Morgan fingerprint density at radius 1 is 1.62 bits per heavy atom. The third-order valence-corrected chi connectivity index (χ3v) is 3.07. The summed E-state index contributed by atoms with van der Waals surface area (Å²) in [5.41, 5.74) is 6.40. The zero-order valence-electron chi connectivity index (χ0n) is 8.97. The summed E-state index contributed by atoms with van der Waals surface area (Å²) in [5, 5.41) is 3.40. The Labute approximate surface area is 108 Å². The quantitative estimate of drug-likeness (QED) is 0.897. The number of benzene rings is 1. The molecule has 0 saturated carbocycles. The summed E-state index contributed by atoms with van der Waals surface area (Å²) in [4.78, 5) is 11.6. The molecule has 0 spiro atoms. The Bertz CT molecular complexity index is 384. The number of rotatable bonds is 4. The minimum Gasteiger partial charge on any atom is -0.327 e. The first-order chi connectivity index (χ1) is 7.52. The van der Waals surface area contributed by atoms with Gasteiger partial charge in [-0.05, 0) is 40.5 Å². The van der Waals surface area contributed by atoms with Gasteiger partial charge in [-0.25, -0.2) is 0 Å². The van der Waals surface area contributed by atoms with Crippen molar-refractivity contribution in [2.75, 3.05) is 5.32 Å². The average Bonchev–Trinajstić information content (AvgIpc) is 2.22. The molecule has 0 aromatic heterocycles. The van der Waals surface area contributed by atoms with Crippen molar-refractivity contribution in [1.82, 2.24) is 0 Å². The van der Waals surface area contributed by atoms with Crippen molar-refractivity contribution in [3.05, 3.63) is 27.7 Å². The molecule has 0 aliphatic rings. The van der Waals surface area contributed by atoms with Crippen LogP contribution in [-0.2, 0) is 4.79 Å². The fourth-order valence-corrected chi connectivity index (χ4v) is 1.96. The summed E-state index contributed by atoms with van der Waals surface area (Å²) in [7, 11) is 0. The number of amides is 1. The van der Waals surface area contributed by atoms with E-state index < -0.39 is 0 Å². The van der Waals surface area contributed by atoms with Gasteiger partial charge in [0.05, 0.1) is 5.69 Å².